The second kappa shape index (κ2) is 5.05. The predicted octanol–water partition coefficient (Wildman–Crippen LogP) is 1.60. The number of aryl methyl sites for hydroxylation is 1. The standard InChI is InChI=1S/C15H15NO5S2/c1-10-7-8-11(22(2,18)19)9-13(10)16-15(17)12-5-3-4-6-14(12)23(16,20)21/h3-9,15,17H,1-2H3/t15-/m1/s1. The summed E-state index contributed by atoms with van der Waals surface area (Å²) in [5, 5.41) is 10.4. The predicted molar refractivity (Wildman–Crippen MR) is 85.4 cm³/mol. The van der Waals surface area contributed by atoms with Gasteiger partial charge in [0.25, 0.3) is 10.0 Å². The van der Waals surface area contributed by atoms with E-state index < -0.39 is 26.1 Å². The zero-order valence-electron chi connectivity index (χ0n) is 12.5. The Balaban J connectivity index is 2.25. The number of sulfone groups is 1. The lowest BCUT2D eigenvalue weighted by Gasteiger charge is -2.23. The van der Waals surface area contributed by atoms with Gasteiger partial charge in [0.05, 0.1) is 15.5 Å². The summed E-state index contributed by atoms with van der Waals surface area (Å²) in [4.78, 5) is 0.0214. The highest BCUT2D eigenvalue weighted by Gasteiger charge is 2.42. The zero-order chi connectivity index (χ0) is 17.0. The van der Waals surface area contributed by atoms with Crippen LogP contribution in [-0.2, 0) is 19.9 Å². The van der Waals surface area contributed by atoms with Crippen molar-refractivity contribution in [3.8, 4) is 0 Å². The van der Waals surface area contributed by atoms with E-state index in [1.807, 2.05) is 0 Å². The SMILES string of the molecule is Cc1ccc(S(C)(=O)=O)cc1N1[C@H](O)c2ccccc2S1(=O)=O. The number of hydrogen-bond acceptors (Lipinski definition) is 5. The van der Waals surface area contributed by atoms with Gasteiger partial charge in [0.1, 0.15) is 0 Å². The molecule has 23 heavy (non-hydrogen) atoms. The molecular formula is C15H15NO5S2. The fourth-order valence-corrected chi connectivity index (χ4v) is 5.02. The van der Waals surface area contributed by atoms with Gasteiger partial charge in [-0.1, -0.05) is 24.3 Å². The number of rotatable bonds is 2. The van der Waals surface area contributed by atoms with Crippen LogP contribution >= 0.6 is 0 Å². The average molecular weight is 353 g/mol. The van der Waals surface area contributed by atoms with E-state index in [2.05, 4.69) is 0 Å². The molecule has 1 N–H and O–H groups in total. The van der Waals surface area contributed by atoms with Crippen molar-refractivity contribution in [1.82, 2.24) is 0 Å². The number of benzene rings is 2. The van der Waals surface area contributed by atoms with E-state index in [1.54, 1.807) is 19.1 Å². The average Bonchev–Trinajstić information content (AvgIpc) is 2.67. The van der Waals surface area contributed by atoms with Gasteiger partial charge < -0.3 is 5.11 Å². The molecule has 0 bridgehead atoms. The lowest BCUT2D eigenvalue weighted by Crippen LogP contribution is -2.28. The van der Waals surface area contributed by atoms with Crippen molar-refractivity contribution in [2.75, 3.05) is 10.6 Å². The molecule has 122 valence electrons. The molecule has 0 aliphatic carbocycles. The summed E-state index contributed by atoms with van der Waals surface area (Å²) < 4.78 is 49.8. The summed E-state index contributed by atoms with van der Waals surface area (Å²) >= 11 is 0. The molecule has 1 aliphatic rings. The molecule has 0 fully saturated rings. The Morgan fingerprint density at radius 2 is 1.78 bits per heavy atom. The molecule has 0 aromatic heterocycles. The highest BCUT2D eigenvalue weighted by Crippen LogP contribution is 2.42. The number of sulfonamides is 1. The third-order valence-corrected chi connectivity index (χ3v) is 6.75. The fourth-order valence-electron chi connectivity index (χ4n) is 2.61. The topological polar surface area (TPSA) is 91.8 Å². The summed E-state index contributed by atoms with van der Waals surface area (Å²) in [5.74, 6) is 0. The maximum Gasteiger partial charge on any atom is 0.267 e. The molecule has 0 saturated heterocycles. The third kappa shape index (κ3) is 2.43. The Hall–Kier alpha value is -1.90. The molecule has 0 radical (unpaired) electrons. The first-order valence-electron chi connectivity index (χ1n) is 6.76. The van der Waals surface area contributed by atoms with Crippen LogP contribution in [-0.4, -0.2) is 28.2 Å². The van der Waals surface area contributed by atoms with Crippen molar-refractivity contribution in [2.24, 2.45) is 0 Å². The maximum absolute atomic E-state index is 12.7. The van der Waals surface area contributed by atoms with Crippen LogP contribution < -0.4 is 4.31 Å². The first-order chi connectivity index (χ1) is 10.6. The van der Waals surface area contributed by atoms with Crippen LogP contribution in [0.1, 0.15) is 17.4 Å². The van der Waals surface area contributed by atoms with Crippen molar-refractivity contribution >= 4 is 25.5 Å². The Morgan fingerprint density at radius 1 is 1.13 bits per heavy atom. The Kier molecular flexibility index (Phi) is 3.51. The number of fused-ring (bicyclic) bond motifs is 1. The number of anilines is 1. The van der Waals surface area contributed by atoms with Gasteiger partial charge in [-0.2, -0.15) is 0 Å². The van der Waals surface area contributed by atoms with Crippen molar-refractivity contribution < 1.29 is 21.9 Å². The number of nitrogens with zero attached hydrogens (tertiary/aromatic N) is 1. The zero-order valence-corrected chi connectivity index (χ0v) is 14.1. The molecule has 1 aliphatic heterocycles. The van der Waals surface area contributed by atoms with E-state index in [-0.39, 0.29) is 21.0 Å². The minimum atomic E-state index is -3.94. The van der Waals surface area contributed by atoms with E-state index in [9.17, 15) is 21.9 Å². The van der Waals surface area contributed by atoms with Gasteiger partial charge in [-0.15, -0.1) is 0 Å². The molecule has 0 unspecified atom stereocenters. The number of hydrogen-bond donors (Lipinski definition) is 1. The van der Waals surface area contributed by atoms with Gasteiger partial charge in [-0.05, 0) is 30.7 Å². The molecule has 2 aromatic rings. The van der Waals surface area contributed by atoms with Crippen LogP contribution in [0.4, 0.5) is 5.69 Å². The summed E-state index contributed by atoms with van der Waals surface area (Å²) in [5.41, 5.74) is 0.973. The Morgan fingerprint density at radius 3 is 2.39 bits per heavy atom. The van der Waals surface area contributed by atoms with E-state index in [0.717, 1.165) is 10.6 Å². The molecule has 3 rings (SSSR count). The lowest BCUT2D eigenvalue weighted by atomic mass is 10.1. The Bertz CT molecular complexity index is 996. The molecule has 8 heteroatoms. The number of aliphatic hydroxyl groups is 1. The van der Waals surface area contributed by atoms with Crippen LogP contribution in [0.25, 0.3) is 0 Å². The van der Waals surface area contributed by atoms with Gasteiger partial charge in [0.2, 0.25) is 0 Å². The lowest BCUT2D eigenvalue weighted by molar-refractivity contribution is 0.193. The molecule has 1 atom stereocenters. The molecule has 0 amide bonds. The van der Waals surface area contributed by atoms with E-state index in [4.69, 9.17) is 0 Å². The van der Waals surface area contributed by atoms with Crippen molar-refractivity contribution in [2.45, 2.75) is 22.9 Å². The second-order valence-corrected chi connectivity index (χ2v) is 9.23. The molecular weight excluding hydrogens is 338 g/mol. The summed E-state index contributed by atoms with van der Waals surface area (Å²) in [6.07, 6.45) is -0.338. The first kappa shape index (κ1) is 16.0. The highest BCUT2D eigenvalue weighted by molar-refractivity contribution is 7.93. The van der Waals surface area contributed by atoms with E-state index >= 15 is 0 Å². The van der Waals surface area contributed by atoms with Crippen molar-refractivity contribution in [1.29, 1.82) is 0 Å². The van der Waals surface area contributed by atoms with Gasteiger partial charge >= 0.3 is 0 Å². The molecule has 0 spiro atoms. The highest BCUT2D eigenvalue weighted by atomic mass is 32.2. The van der Waals surface area contributed by atoms with Crippen LogP contribution in [0.2, 0.25) is 0 Å². The molecule has 0 saturated carbocycles. The third-order valence-electron chi connectivity index (χ3n) is 3.80. The molecule has 1 heterocycles. The number of aliphatic hydroxyl groups excluding tert-OH is 1. The van der Waals surface area contributed by atoms with E-state index in [0.29, 0.717) is 5.56 Å². The van der Waals surface area contributed by atoms with E-state index in [1.165, 1.54) is 30.3 Å². The quantitative estimate of drug-likeness (QED) is 0.885. The van der Waals surface area contributed by atoms with Crippen molar-refractivity contribution in [3.05, 3.63) is 53.6 Å². The van der Waals surface area contributed by atoms with Crippen LogP contribution in [0, 0.1) is 6.92 Å². The van der Waals surface area contributed by atoms with Gasteiger partial charge in [-0.3, -0.25) is 0 Å². The summed E-state index contributed by atoms with van der Waals surface area (Å²) in [6, 6.07) is 10.4. The van der Waals surface area contributed by atoms with Crippen LogP contribution in [0.3, 0.4) is 0 Å². The monoisotopic (exact) mass is 353 g/mol. The Labute approximate surface area is 135 Å². The summed E-state index contributed by atoms with van der Waals surface area (Å²) in [7, 11) is -7.44. The van der Waals surface area contributed by atoms with Gasteiger partial charge in [-0.25, -0.2) is 21.1 Å². The maximum atomic E-state index is 12.7. The van der Waals surface area contributed by atoms with Gasteiger partial charge in [0.15, 0.2) is 16.1 Å². The van der Waals surface area contributed by atoms with Gasteiger partial charge in [0, 0.05) is 11.8 Å². The first-order valence-corrected chi connectivity index (χ1v) is 10.1. The smallest absolute Gasteiger partial charge is 0.267 e. The van der Waals surface area contributed by atoms with Crippen LogP contribution in [0.15, 0.2) is 52.3 Å². The minimum absolute atomic E-state index is 0.00328. The fraction of sp³-hybridized carbons (Fsp3) is 0.200. The molecule has 2 aromatic carbocycles. The normalized spacial score (nSPS) is 19.6. The van der Waals surface area contributed by atoms with Crippen molar-refractivity contribution in [3.63, 3.8) is 0 Å². The summed E-state index contributed by atoms with van der Waals surface area (Å²) in [6.45, 7) is 1.66. The minimum Gasteiger partial charge on any atom is -0.368 e. The molecule has 6 nitrogen and oxygen atoms in total. The second-order valence-electron chi connectivity index (χ2n) is 5.43. The van der Waals surface area contributed by atoms with Crippen LogP contribution in [0.5, 0.6) is 0 Å². The largest absolute Gasteiger partial charge is 0.368 e.